The molecule has 2 amide bonds. The minimum atomic E-state index is -0.540. The van der Waals surface area contributed by atoms with E-state index in [-0.39, 0.29) is 18.1 Å². The van der Waals surface area contributed by atoms with Crippen molar-refractivity contribution in [2.24, 2.45) is 0 Å². The SMILES string of the molecule is COc1ccc(NC(=O)/C(C#N)=C\c2ccc(OCC(=O)Nc3ccc(C)c(Cl)c3)c(Br)c2)cc1. The van der Waals surface area contributed by atoms with Crippen LogP contribution in [0.15, 0.2) is 70.7 Å². The third-order valence-corrected chi connectivity index (χ3v) is 5.82. The van der Waals surface area contributed by atoms with E-state index in [4.69, 9.17) is 21.1 Å². The number of methoxy groups -OCH3 is 1. The minimum Gasteiger partial charge on any atom is -0.497 e. The second-order valence-corrected chi connectivity index (χ2v) is 8.60. The molecular weight excluding hydrogens is 534 g/mol. The summed E-state index contributed by atoms with van der Waals surface area (Å²) in [7, 11) is 1.55. The molecule has 0 bridgehead atoms. The maximum absolute atomic E-state index is 12.5. The summed E-state index contributed by atoms with van der Waals surface area (Å²) in [6.45, 7) is 1.66. The quantitative estimate of drug-likeness (QED) is 0.263. The predicted molar refractivity (Wildman–Crippen MR) is 140 cm³/mol. The van der Waals surface area contributed by atoms with Gasteiger partial charge in [0.15, 0.2) is 6.61 Å². The first-order valence-corrected chi connectivity index (χ1v) is 11.5. The van der Waals surface area contributed by atoms with Crippen LogP contribution in [0.5, 0.6) is 11.5 Å². The van der Waals surface area contributed by atoms with Crippen molar-refractivity contribution in [2.75, 3.05) is 24.4 Å². The van der Waals surface area contributed by atoms with E-state index in [9.17, 15) is 14.9 Å². The average molecular weight is 555 g/mol. The molecule has 3 rings (SSSR count). The Balaban J connectivity index is 1.62. The molecule has 0 radical (unpaired) electrons. The van der Waals surface area contributed by atoms with Crippen molar-refractivity contribution >= 4 is 56.8 Å². The number of nitriles is 1. The first kappa shape index (κ1) is 25.8. The topological polar surface area (TPSA) is 100 Å². The molecule has 0 spiro atoms. The largest absolute Gasteiger partial charge is 0.497 e. The van der Waals surface area contributed by atoms with Crippen LogP contribution < -0.4 is 20.1 Å². The van der Waals surface area contributed by atoms with Gasteiger partial charge in [0.25, 0.3) is 11.8 Å². The van der Waals surface area contributed by atoms with Gasteiger partial charge in [-0.2, -0.15) is 5.26 Å². The van der Waals surface area contributed by atoms with Gasteiger partial charge in [-0.15, -0.1) is 0 Å². The van der Waals surface area contributed by atoms with Crippen molar-refractivity contribution in [1.82, 2.24) is 0 Å². The van der Waals surface area contributed by atoms with Gasteiger partial charge in [0.2, 0.25) is 0 Å². The lowest BCUT2D eigenvalue weighted by molar-refractivity contribution is -0.118. The molecule has 0 aliphatic rings. The summed E-state index contributed by atoms with van der Waals surface area (Å²) in [5.41, 5.74) is 2.55. The third kappa shape index (κ3) is 7.34. The number of halogens is 2. The highest BCUT2D eigenvalue weighted by Crippen LogP contribution is 2.27. The number of benzene rings is 3. The van der Waals surface area contributed by atoms with Crippen LogP contribution in [-0.2, 0) is 9.59 Å². The van der Waals surface area contributed by atoms with Crippen LogP contribution in [0.1, 0.15) is 11.1 Å². The summed E-state index contributed by atoms with van der Waals surface area (Å²) in [5.74, 6) is 0.202. The molecule has 178 valence electrons. The van der Waals surface area contributed by atoms with Gasteiger partial charge in [0.1, 0.15) is 23.1 Å². The Kier molecular flexibility index (Phi) is 8.90. The molecule has 0 heterocycles. The molecule has 0 aromatic heterocycles. The Bertz CT molecular complexity index is 1320. The highest BCUT2D eigenvalue weighted by Gasteiger charge is 2.12. The predicted octanol–water partition coefficient (Wildman–Crippen LogP) is 5.98. The summed E-state index contributed by atoms with van der Waals surface area (Å²) in [5, 5.41) is 15.4. The standard InChI is InChI=1S/C26H21BrClN3O4/c1-16-3-5-20(13-23(16)28)30-25(32)15-35-24-10-4-17(12-22(24)27)11-18(14-29)26(33)31-19-6-8-21(34-2)9-7-19/h3-13H,15H2,1-2H3,(H,30,32)(H,31,33)/b18-11-. The Labute approximate surface area is 216 Å². The van der Waals surface area contributed by atoms with Gasteiger partial charge < -0.3 is 20.1 Å². The highest BCUT2D eigenvalue weighted by atomic mass is 79.9. The maximum atomic E-state index is 12.5. The lowest BCUT2D eigenvalue weighted by Gasteiger charge is -2.10. The highest BCUT2D eigenvalue weighted by molar-refractivity contribution is 9.10. The van der Waals surface area contributed by atoms with Crippen molar-refractivity contribution in [3.63, 3.8) is 0 Å². The number of carbonyl (C=O) groups is 2. The van der Waals surface area contributed by atoms with E-state index < -0.39 is 5.91 Å². The van der Waals surface area contributed by atoms with Crippen LogP contribution in [0.2, 0.25) is 5.02 Å². The summed E-state index contributed by atoms with van der Waals surface area (Å²) >= 11 is 9.48. The van der Waals surface area contributed by atoms with Crippen molar-refractivity contribution in [2.45, 2.75) is 6.92 Å². The number of amides is 2. The molecule has 0 unspecified atom stereocenters. The van der Waals surface area contributed by atoms with E-state index in [1.807, 2.05) is 19.1 Å². The van der Waals surface area contributed by atoms with Crippen LogP contribution in [0.3, 0.4) is 0 Å². The number of ether oxygens (including phenoxy) is 2. The Hall–Kier alpha value is -3.80. The Morgan fingerprint density at radius 1 is 1.06 bits per heavy atom. The van der Waals surface area contributed by atoms with Crippen LogP contribution in [0.4, 0.5) is 11.4 Å². The molecule has 9 heteroatoms. The lowest BCUT2D eigenvalue weighted by Crippen LogP contribution is -2.20. The van der Waals surface area contributed by atoms with Crippen molar-refractivity contribution < 1.29 is 19.1 Å². The normalized spacial score (nSPS) is 10.8. The maximum Gasteiger partial charge on any atom is 0.266 e. The van der Waals surface area contributed by atoms with E-state index in [2.05, 4.69) is 26.6 Å². The van der Waals surface area contributed by atoms with Crippen LogP contribution >= 0.6 is 27.5 Å². The minimum absolute atomic E-state index is 0.0717. The van der Waals surface area contributed by atoms with Gasteiger partial charge in [-0.1, -0.05) is 23.7 Å². The van der Waals surface area contributed by atoms with Crippen molar-refractivity contribution in [1.29, 1.82) is 5.26 Å². The van der Waals surface area contributed by atoms with Gasteiger partial charge in [0.05, 0.1) is 11.6 Å². The summed E-state index contributed by atoms with van der Waals surface area (Å²) in [4.78, 5) is 24.7. The fraction of sp³-hybridized carbons (Fsp3) is 0.115. The zero-order valence-electron chi connectivity index (χ0n) is 18.9. The average Bonchev–Trinajstić information content (AvgIpc) is 2.84. The number of nitrogens with zero attached hydrogens (tertiary/aromatic N) is 1. The van der Waals surface area contributed by atoms with E-state index >= 15 is 0 Å². The number of rotatable bonds is 8. The molecule has 35 heavy (non-hydrogen) atoms. The molecule has 0 saturated carbocycles. The fourth-order valence-corrected chi connectivity index (χ4v) is 3.61. The molecule has 0 saturated heterocycles. The number of hydrogen-bond acceptors (Lipinski definition) is 5. The van der Waals surface area contributed by atoms with Crippen molar-refractivity contribution in [3.05, 3.63) is 86.9 Å². The molecular formula is C26H21BrClN3O4. The van der Waals surface area contributed by atoms with Crippen molar-refractivity contribution in [3.8, 4) is 17.6 Å². The molecule has 7 nitrogen and oxygen atoms in total. The van der Waals surface area contributed by atoms with E-state index in [0.29, 0.717) is 37.9 Å². The summed E-state index contributed by atoms with van der Waals surface area (Å²) in [6, 6.07) is 18.9. The van der Waals surface area contributed by atoms with Crippen LogP contribution in [0.25, 0.3) is 6.08 Å². The monoisotopic (exact) mass is 553 g/mol. The third-order valence-electron chi connectivity index (χ3n) is 4.79. The fourth-order valence-electron chi connectivity index (χ4n) is 2.92. The molecule has 0 aliphatic carbocycles. The van der Waals surface area contributed by atoms with E-state index in [1.54, 1.807) is 61.7 Å². The number of carbonyl (C=O) groups excluding carboxylic acids is 2. The van der Waals surface area contributed by atoms with Gasteiger partial charge in [-0.25, -0.2) is 0 Å². The zero-order valence-corrected chi connectivity index (χ0v) is 21.2. The smallest absolute Gasteiger partial charge is 0.266 e. The second-order valence-electron chi connectivity index (χ2n) is 7.34. The summed E-state index contributed by atoms with van der Waals surface area (Å²) in [6.07, 6.45) is 1.46. The number of hydrogen-bond donors (Lipinski definition) is 2. The summed E-state index contributed by atoms with van der Waals surface area (Å²) < 4.78 is 11.2. The second kappa shape index (κ2) is 12.1. The first-order valence-electron chi connectivity index (χ1n) is 10.3. The van der Waals surface area contributed by atoms with Gasteiger partial charge in [-0.3, -0.25) is 9.59 Å². The van der Waals surface area contributed by atoms with Gasteiger partial charge in [-0.05, 0) is 88.6 Å². The zero-order chi connectivity index (χ0) is 25.4. The van der Waals surface area contributed by atoms with Crippen LogP contribution in [0, 0.1) is 18.3 Å². The molecule has 0 atom stereocenters. The molecule has 3 aromatic carbocycles. The number of aryl methyl sites for hydroxylation is 1. The molecule has 2 N–H and O–H groups in total. The number of anilines is 2. The Morgan fingerprint density at radius 3 is 2.40 bits per heavy atom. The lowest BCUT2D eigenvalue weighted by atomic mass is 10.1. The molecule has 0 aliphatic heterocycles. The molecule has 0 fully saturated rings. The number of nitrogens with one attached hydrogen (secondary N) is 2. The van der Waals surface area contributed by atoms with Gasteiger partial charge >= 0.3 is 0 Å². The van der Waals surface area contributed by atoms with Gasteiger partial charge in [0, 0.05) is 16.4 Å². The van der Waals surface area contributed by atoms with E-state index in [0.717, 1.165) is 5.56 Å². The first-order chi connectivity index (χ1) is 16.8. The van der Waals surface area contributed by atoms with Crippen LogP contribution in [-0.4, -0.2) is 25.5 Å². The molecule has 3 aromatic rings. The Morgan fingerprint density at radius 2 is 1.77 bits per heavy atom. The van der Waals surface area contributed by atoms with E-state index in [1.165, 1.54) is 6.08 Å².